The van der Waals surface area contributed by atoms with Crippen molar-refractivity contribution in [2.45, 2.75) is 34.1 Å². The van der Waals surface area contributed by atoms with E-state index < -0.39 is 5.97 Å². The zero-order chi connectivity index (χ0) is 13.9. The van der Waals surface area contributed by atoms with E-state index >= 15 is 0 Å². The molecule has 0 aromatic carbocycles. The van der Waals surface area contributed by atoms with Crippen LogP contribution in [-0.4, -0.2) is 16.9 Å². The van der Waals surface area contributed by atoms with Crippen LogP contribution in [0.4, 0.5) is 0 Å². The van der Waals surface area contributed by atoms with Gasteiger partial charge >= 0.3 is 5.97 Å². The predicted octanol–water partition coefficient (Wildman–Crippen LogP) is 3.14. The number of allylic oxidation sites excluding steroid dienone is 5. The Balaban J connectivity index is 3.00. The lowest BCUT2D eigenvalue weighted by Crippen LogP contribution is -2.30. The average Bonchev–Trinajstić information content (AvgIpc) is 2.22. The quantitative estimate of drug-likeness (QED) is 0.616. The van der Waals surface area contributed by atoms with Crippen LogP contribution in [0.15, 0.2) is 35.5 Å². The molecule has 1 aliphatic rings. The molecule has 0 aromatic heterocycles. The highest BCUT2D eigenvalue weighted by molar-refractivity contribution is 5.92. The van der Waals surface area contributed by atoms with Crippen molar-refractivity contribution in [3.05, 3.63) is 35.5 Å². The normalized spacial score (nSPS) is 29.6. The van der Waals surface area contributed by atoms with Gasteiger partial charge in [0.15, 0.2) is 5.78 Å². The maximum Gasteiger partial charge on any atom is 0.328 e. The molecule has 2 atom stereocenters. The van der Waals surface area contributed by atoms with Crippen LogP contribution in [0.5, 0.6) is 0 Å². The fourth-order valence-electron chi connectivity index (χ4n) is 2.20. The van der Waals surface area contributed by atoms with Crippen LogP contribution in [0.25, 0.3) is 0 Å². The van der Waals surface area contributed by atoms with E-state index in [9.17, 15) is 9.59 Å². The van der Waals surface area contributed by atoms with Crippen LogP contribution in [0.2, 0.25) is 0 Å². The Bertz CT molecular complexity index is 454. The molecular formula is C15H20O3. The molecule has 0 aromatic rings. The number of aliphatic carboxylic acids is 1. The van der Waals surface area contributed by atoms with Crippen LogP contribution in [0.3, 0.4) is 0 Å². The molecule has 0 spiro atoms. The van der Waals surface area contributed by atoms with Gasteiger partial charge in [0.1, 0.15) is 0 Å². The first kappa shape index (κ1) is 14.4. The standard InChI is InChI=1S/C15H20O3/c1-10(7-14(17)18)5-6-15(4)11(2)8-13(16)9-12(15)3/h5-8,12H,9H2,1-4H3,(H,17,18)/b6-5+,10-7-/t12?,15-/m0/s1. The van der Waals surface area contributed by atoms with Crippen molar-refractivity contribution in [3.8, 4) is 0 Å². The number of carboxylic acids is 1. The van der Waals surface area contributed by atoms with Crippen molar-refractivity contribution < 1.29 is 14.7 Å². The van der Waals surface area contributed by atoms with E-state index in [0.29, 0.717) is 12.0 Å². The summed E-state index contributed by atoms with van der Waals surface area (Å²) in [7, 11) is 0. The Kier molecular flexibility index (Phi) is 4.28. The lowest BCUT2D eigenvalue weighted by atomic mass is 9.67. The molecule has 98 valence electrons. The number of hydrogen-bond acceptors (Lipinski definition) is 2. The lowest BCUT2D eigenvalue weighted by Gasteiger charge is -2.37. The third kappa shape index (κ3) is 3.19. The summed E-state index contributed by atoms with van der Waals surface area (Å²) in [5.41, 5.74) is 1.55. The minimum atomic E-state index is -0.943. The van der Waals surface area contributed by atoms with E-state index in [2.05, 4.69) is 13.8 Å². The highest BCUT2D eigenvalue weighted by atomic mass is 16.4. The topological polar surface area (TPSA) is 54.4 Å². The number of carbonyl (C=O) groups excluding carboxylic acids is 1. The van der Waals surface area contributed by atoms with Crippen LogP contribution in [0.1, 0.15) is 34.1 Å². The summed E-state index contributed by atoms with van der Waals surface area (Å²) >= 11 is 0. The zero-order valence-corrected chi connectivity index (χ0v) is 11.4. The summed E-state index contributed by atoms with van der Waals surface area (Å²) in [5, 5.41) is 8.66. The first-order valence-corrected chi connectivity index (χ1v) is 6.08. The zero-order valence-electron chi connectivity index (χ0n) is 11.4. The molecule has 3 heteroatoms. The van der Waals surface area contributed by atoms with Crippen LogP contribution in [-0.2, 0) is 9.59 Å². The minimum absolute atomic E-state index is 0.170. The second-order valence-corrected chi connectivity index (χ2v) is 5.24. The molecule has 3 nitrogen and oxygen atoms in total. The smallest absolute Gasteiger partial charge is 0.328 e. The number of ketones is 1. The number of hydrogen-bond donors (Lipinski definition) is 1. The molecule has 0 saturated carbocycles. The van der Waals surface area contributed by atoms with Gasteiger partial charge in [0.2, 0.25) is 0 Å². The Hall–Kier alpha value is -1.64. The SMILES string of the molecule is CC1=CC(=O)CC(C)[C@@]1(C)/C=C/C(C)=C\C(=O)O. The molecule has 1 aliphatic carbocycles. The van der Waals surface area contributed by atoms with Gasteiger partial charge in [0, 0.05) is 17.9 Å². The molecule has 1 N–H and O–H groups in total. The van der Waals surface area contributed by atoms with Crippen molar-refractivity contribution in [1.29, 1.82) is 0 Å². The average molecular weight is 248 g/mol. The number of carbonyl (C=O) groups is 2. The van der Waals surface area contributed by atoms with Crippen molar-refractivity contribution in [2.75, 3.05) is 0 Å². The van der Waals surface area contributed by atoms with Crippen molar-refractivity contribution in [2.24, 2.45) is 11.3 Å². The van der Waals surface area contributed by atoms with Gasteiger partial charge < -0.3 is 5.11 Å². The lowest BCUT2D eigenvalue weighted by molar-refractivity contribution is -0.131. The van der Waals surface area contributed by atoms with Gasteiger partial charge in [-0.05, 0) is 31.4 Å². The second kappa shape index (κ2) is 5.34. The Morgan fingerprint density at radius 3 is 2.67 bits per heavy atom. The van der Waals surface area contributed by atoms with E-state index in [0.717, 1.165) is 5.57 Å². The van der Waals surface area contributed by atoms with Crippen molar-refractivity contribution >= 4 is 11.8 Å². The van der Waals surface area contributed by atoms with E-state index in [1.807, 2.05) is 19.1 Å². The second-order valence-electron chi connectivity index (χ2n) is 5.24. The van der Waals surface area contributed by atoms with Crippen molar-refractivity contribution in [1.82, 2.24) is 0 Å². The number of carboxylic acid groups (broad SMARTS) is 1. The monoisotopic (exact) mass is 248 g/mol. The Labute approximate surface area is 108 Å². The molecule has 18 heavy (non-hydrogen) atoms. The number of rotatable bonds is 3. The summed E-state index contributed by atoms with van der Waals surface area (Å²) in [6.07, 6.45) is 7.24. The first-order chi connectivity index (χ1) is 8.25. The Morgan fingerprint density at radius 2 is 2.17 bits per heavy atom. The summed E-state index contributed by atoms with van der Waals surface area (Å²) < 4.78 is 0. The Morgan fingerprint density at radius 1 is 1.56 bits per heavy atom. The molecule has 0 bridgehead atoms. The van der Waals surface area contributed by atoms with Gasteiger partial charge in [-0.1, -0.05) is 31.6 Å². The first-order valence-electron chi connectivity index (χ1n) is 6.08. The molecule has 0 radical (unpaired) electrons. The van der Waals surface area contributed by atoms with Crippen molar-refractivity contribution in [3.63, 3.8) is 0 Å². The van der Waals surface area contributed by atoms with E-state index in [1.54, 1.807) is 13.0 Å². The summed E-state index contributed by atoms with van der Waals surface area (Å²) in [6.45, 7) is 7.84. The fraction of sp³-hybridized carbons (Fsp3) is 0.467. The van der Waals surface area contributed by atoms with Crippen LogP contribution >= 0.6 is 0 Å². The molecular weight excluding hydrogens is 228 g/mol. The molecule has 0 aliphatic heterocycles. The van der Waals surface area contributed by atoms with E-state index in [1.165, 1.54) is 6.08 Å². The van der Waals surface area contributed by atoms with Gasteiger partial charge in [-0.15, -0.1) is 0 Å². The maximum atomic E-state index is 11.5. The fourth-order valence-corrected chi connectivity index (χ4v) is 2.20. The van der Waals surface area contributed by atoms with Gasteiger partial charge in [-0.25, -0.2) is 4.79 Å². The van der Waals surface area contributed by atoms with Crippen LogP contribution in [0, 0.1) is 11.3 Å². The molecule has 0 heterocycles. The molecule has 1 rings (SSSR count). The van der Waals surface area contributed by atoms with Gasteiger partial charge in [-0.3, -0.25) is 4.79 Å². The van der Waals surface area contributed by atoms with Gasteiger partial charge in [0.25, 0.3) is 0 Å². The minimum Gasteiger partial charge on any atom is -0.478 e. The summed E-state index contributed by atoms with van der Waals surface area (Å²) in [6, 6.07) is 0. The third-order valence-corrected chi connectivity index (χ3v) is 3.80. The van der Waals surface area contributed by atoms with Gasteiger partial charge in [0.05, 0.1) is 0 Å². The maximum absolute atomic E-state index is 11.5. The van der Waals surface area contributed by atoms with Crippen LogP contribution < -0.4 is 0 Å². The highest BCUT2D eigenvalue weighted by Crippen LogP contribution is 2.42. The highest BCUT2D eigenvalue weighted by Gasteiger charge is 2.34. The largest absolute Gasteiger partial charge is 0.478 e. The molecule has 0 saturated heterocycles. The molecule has 1 unspecified atom stereocenters. The molecule has 0 amide bonds. The van der Waals surface area contributed by atoms with Gasteiger partial charge in [-0.2, -0.15) is 0 Å². The summed E-state index contributed by atoms with van der Waals surface area (Å²) in [5.74, 6) is -0.547. The van der Waals surface area contributed by atoms with E-state index in [4.69, 9.17) is 5.11 Å². The predicted molar refractivity (Wildman–Crippen MR) is 71.2 cm³/mol. The summed E-state index contributed by atoms with van der Waals surface area (Å²) in [4.78, 5) is 22.0. The third-order valence-electron chi connectivity index (χ3n) is 3.80. The molecule has 0 fully saturated rings. The van der Waals surface area contributed by atoms with E-state index in [-0.39, 0.29) is 17.1 Å².